The molecule has 4 rings (SSSR count). The Morgan fingerprint density at radius 1 is 1.14 bits per heavy atom. The molecule has 0 aliphatic carbocycles. The van der Waals surface area contributed by atoms with E-state index in [2.05, 4.69) is 15.2 Å². The monoisotopic (exact) mass is 426 g/mol. The highest BCUT2D eigenvalue weighted by Gasteiger charge is 2.12. The molecule has 0 saturated carbocycles. The number of nitrogen functional groups attached to an aromatic ring is 1. The van der Waals surface area contributed by atoms with E-state index in [0.29, 0.717) is 28.4 Å². The third-order valence-electron chi connectivity index (χ3n) is 4.33. The maximum atomic E-state index is 6.17. The van der Waals surface area contributed by atoms with Crippen LogP contribution in [-0.2, 0) is 19.4 Å². The minimum Gasteiger partial charge on any atom is -0.486 e. The maximum absolute atomic E-state index is 6.17. The number of nitrogens with zero attached hydrogens (tertiary/aromatic N) is 5. The highest BCUT2D eigenvalue weighted by Crippen LogP contribution is 2.26. The second-order valence-electron chi connectivity index (χ2n) is 6.36. The molecule has 0 spiro atoms. The van der Waals surface area contributed by atoms with Crippen LogP contribution in [0.25, 0.3) is 11.4 Å². The number of nitrogens with two attached hydrogens (primary N) is 1. The molecule has 0 amide bonds. The first-order chi connectivity index (χ1) is 14.1. The number of ether oxygens (including phenoxy) is 1. The molecule has 29 heavy (non-hydrogen) atoms. The summed E-state index contributed by atoms with van der Waals surface area (Å²) in [5.41, 5.74) is 1.96. The van der Waals surface area contributed by atoms with Gasteiger partial charge in [0.15, 0.2) is 5.82 Å². The second kappa shape index (κ2) is 8.59. The highest BCUT2D eigenvalue weighted by atomic mass is 35.5. The summed E-state index contributed by atoms with van der Waals surface area (Å²) in [4.78, 5) is 4.25. The Bertz CT molecular complexity index is 1110. The lowest BCUT2D eigenvalue weighted by Crippen LogP contribution is -2.11. The first-order valence-corrected chi connectivity index (χ1v) is 10.2. The fourth-order valence-corrected chi connectivity index (χ4v) is 3.72. The van der Waals surface area contributed by atoms with Gasteiger partial charge in [-0.15, -0.1) is 10.2 Å². The molecule has 0 aliphatic rings. The third-order valence-corrected chi connectivity index (χ3v) is 5.58. The van der Waals surface area contributed by atoms with Crippen LogP contribution in [0.2, 0.25) is 5.02 Å². The molecule has 2 aromatic carbocycles. The van der Waals surface area contributed by atoms with Gasteiger partial charge in [0.2, 0.25) is 5.16 Å². The minimum atomic E-state index is 0.431. The topological polar surface area (TPSA) is 83.8 Å². The van der Waals surface area contributed by atoms with Crippen LogP contribution in [0.15, 0.2) is 66.1 Å². The normalized spacial score (nSPS) is 11.0. The number of imidazole rings is 1. The van der Waals surface area contributed by atoms with E-state index in [1.54, 1.807) is 6.20 Å². The molecule has 4 aromatic rings. The van der Waals surface area contributed by atoms with Crippen LogP contribution in [0.5, 0.6) is 5.75 Å². The number of hydrogen-bond acceptors (Lipinski definition) is 6. The lowest BCUT2D eigenvalue weighted by molar-refractivity contribution is 0.292. The van der Waals surface area contributed by atoms with Crippen molar-refractivity contribution >= 4 is 23.4 Å². The van der Waals surface area contributed by atoms with E-state index in [0.717, 1.165) is 22.7 Å². The third kappa shape index (κ3) is 4.55. The molecule has 2 heterocycles. The summed E-state index contributed by atoms with van der Waals surface area (Å²) < 4.78 is 9.21. The van der Waals surface area contributed by atoms with Crippen LogP contribution in [-0.4, -0.2) is 24.4 Å². The van der Waals surface area contributed by atoms with Gasteiger partial charge in [-0.1, -0.05) is 47.6 Å². The van der Waals surface area contributed by atoms with Crippen molar-refractivity contribution in [2.75, 3.05) is 5.84 Å². The van der Waals surface area contributed by atoms with E-state index < -0.39 is 0 Å². The van der Waals surface area contributed by atoms with E-state index in [1.807, 2.05) is 66.3 Å². The zero-order valence-corrected chi connectivity index (χ0v) is 17.3. The molecule has 0 saturated heterocycles. The number of aromatic nitrogens is 5. The molecule has 9 heteroatoms. The summed E-state index contributed by atoms with van der Waals surface area (Å²) in [6, 6.07) is 15.3. The van der Waals surface area contributed by atoms with Crippen LogP contribution < -0.4 is 10.6 Å². The number of halogens is 1. The summed E-state index contributed by atoms with van der Waals surface area (Å²) in [5, 5.41) is 9.65. The Hall–Kier alpha value is -2.97. The fraction of sp³-hybridized carbons (Fsp3) is 0.150. The predicted octanol–water partition coefficient (Wildman–Crippen LogP) is 3.92. The van der Waals surface area contributed by atoms with Crippen molar-refractivity contribution in [2.45, 2.75) is 17.5 Å². The largest absolute Gasteiger partial charge is 0.486 e. The number of thioether (sulfide) groups is 1. The van der Waals surface area contributed by atoms with Crippen LogP contribution in [0.3, 0.4) is 0 Å². The first kappa shape index (κ1) is 19.4. The Balaban J connectivity index is 1.36. The van der Waals surface area contributed by atoms with Crippen molar-refractivity contribution in [1.29, 1.82) is 0 Å². The average molecular weight is 427 g/mol. The lowest BCUT2D eigenvalue weighted by atomic mass is 10.2. The van der Waals surface area contributed by atoms with Crippen LogP contribution in [0, 0.1) is 0 Å². The van der Waals surface area contributed by atoms with Gasteiger partial charge in [0, 0.05) is 35.8 Å². The Morgan fingerprint density at radius 3 is 2.69 bits per heavy atom. The zero-order valence-electron chi connectivity index (χ0n) is 15.7. The van der Waals surface area contributed by atoms with E-state index in [9.17, 15) is 0 Å². The molecular formula is C20H19ClN6OS. The summed E-state index contributed by atoms with van der Waals surface area (Å²) in [6.45, 7) is 0.431. The molecule has 148 valence electrons. The van der Waals surface area contributed by atoms with E-state index in [1.165, 1.54) is 16.4 Å². The van der Waals surface area contributed by atoms with E-state index in [-0.39, 0.29) is 0 Å². The average Bonchev–Trinajstić information content (AvgIpc) is 3.31. The maximum Gasteiger partial charge on any atom is 0.210 e. The standard InChI is InChI=1S/C20H19ClN6OS/c1-26-10-9-23-18(26)12-28-17-7-5-14(6-8-17)13-29-20-25-24-19(27(20)22)15-3-2-4-16(21)11-15/h2-11H,12-13,22H2,1H3. The molecule has 0 bridgehead atoms. The van der Waals surface area contributed by atoms with Gasteiger partial charge in [0.05, 0.1) is 0 Å². The molecule has 0 atom stereocenters. The predicted molar refractivity (Wildman–Crippen MR) is 114 cm³/mol. The Morgan fingerprint density at radius 2 is 1.97 bits per heavy atom. The van der Waals surface area contributed by atoms with E-state index >= 15 is 0 Å². The van der Waals surface area contributed by atoms with Crippen molar-refractivity contribution in [2.24, 2.45) is 7.05 Å². The number of benzene rings is 2. The molecule has 7 nitrogen and oxygen atoms in total. The molecule has 2 N–H and O–H groups in total. The van der Waals surface area contributed by atoms with Crippen LogP contribution >= 0.6 is 23.4 Å². The van der Waals surface area contributed by atoms with Gasteiger partial charge in [0.1, 0.15) is 18.2 Å². The smallest absolute Gasteiger partial charge is 0.210 e. The molecule has 2 aromatic heterocycles. The van der Waals surface area contributed by atoms with Gasteiger partial charge in [0.25, 0.3) is 0 Å². The molecule has 0 fully saturated rings. The van der Waals surface area contributed by atoms with Gasteiger partial charge < -0.3 is 15.1 Å². The van der Waals surface area contributed by atoms with Crippen molar-refractivity contribution in [1.82, 2.24) is 24.4 Å². The fourth-order valence-electron chi connectivity index (χ4n) is 2.71. The lowest BCUT2D eigenvalue weighted by Gasteiger charge is -2.07. The number of aryl methyl sites for hydroxylation is 1. The van der Waals surface area contributed by atoms with Gasteiger partial charge in [-0.25, -0.2) is 9.66 Å². The second-order valence-corrected chi connectivity index (χ2v) is 7.74. The quantitative estimate of drug-likeness (QED) is 0.356. The van der Waals surface area contributed by atoms with Crippen LogP contribution in [0.4, 0.5) is 0 Å². The molecule has 0 unspecified atom stereocenters. The zero-order chi connectivity index (χ0) is 20.2. The van der Waals surface area contributed by atoms with Crippen molar-refractivity contribution in [3.05, 3.63) is 77.3 Å². The molecule has 0 radical (unpaired) electrons. The molecule has 0 aliphatic heterocycles. The van der Waals surface area contributed by atoms with Crippen molar-refractivity contribution in [3.63, 3.8) is 0 Å². The van der Waals surface area contributed by atoms with Gasteiger partial charge in [-0.3, -0.25) is 0 Å². The number of rotatable bonds is 7. The summed E-state index contributed by atoms with van der Waals surface area (Å²) in [6.07, 6.45) is 3.65. The van der Waals surface area contributed by atoms with Crippen LogP contribution in [0.1, 0.15) is 11.4 Å². The summed E-state index contributed by atoms with van der Waals surface area (Å²) >= 11 is 7.56. The molecular weight excluding hydrogens is 408 g/mol. The Kier molecular flexibility index (Phi) is 5.73. The first-order valence-electron chi connectivity index (χ1n) is 8.87. The Labute approximate surface area is 177 Å². The number of hydrogen-bond donors (Lipinski definition) is 1. The van der Waals surface area contributed by atoms with Crippen molar-refractivity contribution < 1.29 is 4.74 Å². The highest BCUT2D eigenvalue weighted by molar-refractivity contribution is 7.98. The SMILES string of the molecule is Cn1ccnc1COc1ccc(CSc2nnc(-c3cccc(Cl)c3)n2N)cc1. The summed E-state index contributed by atoms with van der Waals surface area (Å²) in [5.74, 6) is 9.14. The summed E-state index contributed by atoms with van der Waals surface area (Å²) in [7, 11) is 1.94. The minimum absolute atomic E-state index is 0.431. The van der Waals surface area contributed by atoms with Gasteiger partial charge in [-0.05, 0) is 29.8 Å². The van der Waals surface area contributed by atoms with Gasteiger partial charge in [-0.2, -0.15) is 0 Å². The van der Waals surface area contributed by atoms with E-state index in [4.69, 9.17) is 22.2 Å². The van der Waals surface area contributed by atoms with Gasteiger partial charge >= 0.3 is 0 Å². The van der Waals surface area contributed by atoms with Crippen molar-refractivity contribution in [3.8, 4) is 17.1 Å².